The lowest BCUT2D eigenvalue weighted by Gasteiger charge is -2.02. The molecule has 0 radical (unpaired) electrons. The molecule has 0 saturated carbocycles. The first-order valence-corrected chi connectivity index (χ1v) is 6.01. The zero-order valence-corrected chi connectivity index (χ0v) is 11.0. The van der Waals surface area contributed by atoms with E-state index >= 15 is 0 Å². The van der Waals surface area contributed by atoms with Gasteiger partial charge in [-0.05, 0) is 30.3 Å². The van der Waals surface area contributed by atoms with Gasteiger partial charge in [0.15, 0.2) is 0 Å². The second-order valence-corrected chi connectivity index (χ2v) is 4.48. The van der Waals surface area contributed by atoms with E-state index in [2.05, 4.69) is 10.5 Å². The minimum atomic E-state index is -0.681. The highest BCUT2D eigenvalue weighted by molar-refractivity contribution is 6.42. The number of anilines is 1. The Morgan fingerprint density at radius 3 is 2.47 bits per heavy atom. The van der Waals surface area contributed by atoms with Crippen molar-refractivity contribution in [2.45, 2.75) is 0 Å². The topological polar surface area (TPSA) is 24.4 Å². The smallest absolute Gasteiger partial charge is 0.134 e. The zero-order valence-electron chi connectivity index (χ0n) is 9.50. The van der Waals surface area contributed by atoms with Crippen LogP contribution in [-0.2, 0) is 0 Å². The lowest BCUT2D eigenvalue weighted by atomic mass is 10.2. The molecule has 0 atom stereocenters. The van der Waals surface area contributed by atoms with Gasteiger partial charge < -0.3 is 0 Å². The molecular weight excluding hydrogens is 293 g/mol. The molecule has 2 aromatic rings. The van der Waals surface area contributed by atoms with Crippen LogP contribution in [0.3, 0.4) is 0 Å². The second kappa shape index (κ2) is 5.99. The molecule has 0 fully saturated rings. The van der Waals surface area contributed by atoms with E-state index in [0.717, 1.165) is 12.1 Å². The highest BCUT2D eigenvalue weighted by Crippen LogP contribution is 2.24. The Hall–Kier alpha value is -1.65. The zero-order chi connectivity index (χ0) is 13.8. The predicted molar refractivity (Wildman–Crippen MR) is 74.0 cm³/mol. The molecule has 0 spiro atoms. The van der Waals surface area contributed by atoms with E-state index in [0.29, 0.717) is 15.7 Å². The molecule has 2 rings (SSSR count). The Labute approximate surface area is 118 Å². The molecule has 0 aliphatic rings. The summed E-state index contributed by atoms with van der Waals surface area (Å²) >= 11 is 11.6. The molecule has 2 aromatic carbocycles. The van der Waals surface area contributed by atoms with Gasteiger partial charge >= 0.3 is 0 Å². The lowest BCUT2D eigenvalue weighted by Crippen LogP contribution is -1.94. The SMILES string of the molecule is Fc1ccc(/C=N\Nc2ccc(Cl)c(Cl)c2)c(F)c1. The fourth-order valence-electron chi connectivity index (χ4n) is 1.35. The molecule has 0 unspecified atom stereocenters. The van der Waals surface area contributed by atoms with Gasteiger partial charge in [-0.15, -0.1) is 0 Å². The molecule has 0 heterocycles. The molecule has 0 amide bonds. The van der Waals surface area contributed by atoms with E-state index in [1.54, 1.807) is 18.2 Å². The molecule has 0 aliphatic carbocycles. The number of hydrazone groups is 1. The molecule has 6 heteroatoms. The predicted octanol–water partition coefficient (Wildman–Crippen LogP) is 4.72. The van der Waals surface area contributed by atoms with Crippen molar-refractivity contribution in [2.75, 3.05) is 5.43 Å². The number of nitrogens with zero attached hydrogens (tertiary/aromatic N) is 1. The Bertz CT molecular complexity index is 630. The van der Waals surface area contributed by atoms with Crippen molar-refractivity contribution < 1.29 is 8.78 Å². The maximum atomic E-state index is 13.3. The van der Waals surface area contributed by atoms with E-state index in [-0.39, 0.29) is 5.56 Å². The number of hydrogen-bond donors (Lipinski definition) is 1. The fraction of sp³-hybridized carbons (Fsp3) is 0. The standard InChI is InChI=1S/C13H8Cl2F2N2/c14-11-4-3-10(6-12(11)15)19-18-7-8-1-2-9(16)5-13(8)17/h1-7,19H/b18-7-. The number of benzene rings is 2. The van der Waals surface area contributed by atoms with Crippen LogP contribution in [0.2, 0.25) is 10.0 Å². The lowest BCUT2D eigenvalue weighted by molar-refractivity contribution is 0.582. The molecule has 1 N–H and O–H groups in total. The molecule has 0 bridgehead atoms. The second-order valence-electron chi connectivity index (χ2n) is 3.66. The normalized spacial score (nSPS) is 10.9. The van der Waals surface area contributed by atoms with Crippen molar-refractivity contribution in [2.24, 2.45) is 5.10 Å². The van der Waals surface area contributed by atoms with Gasteiger partial charge in [0.2, 0.25) is 0 Å². The first-order valence-electron chi connectivity index (χ1n) is 5.25. The van der Waals surface area contributed by atoms with Gasteiger partial charge in [0.05, 0.1) is 21.9 Å². The summed E-state index contributed by atoms with van der Waals surface area (Å²) in [7, 11) is 0. The number of halogens is 4. The van der Waals surface area contributed by atoms with Crippen LogP contribution < -0.4 is 5.43 Å². The Balaban J connectivity index is 2.09. The number of rotatable bonds is 3. The van der Waals surface area contributed by atoms with Crippen LogP contribution in [0.15, 0.2) is 41.5 Å². The van der Waals surface area contributed by atoms with Crippen molar-refractivity contribution in [3.63, 3.8) is 0 Å². The largest absolute Gasteiger partial charge is 0.278 e. The van der Waals surface area contributed by atoms with Gasteiger partial charge in [0, 0.05) is 11.6 Å². The van der Waals surface area contributed by atoms with Crippen molar-refractivity contribution in [1.82, 2.24) is 0 Å². The monoisotopic (exact) mass is 300 g/mol. The average molecular weight is 301 g/mol. The Morgan fingerprint density at radius 2 is 1.79 bits per heavy atom. The quantitative estimate of drug-likeness (QED) is 0.644. The minimum Gasteiger partial charge on any atom is -0.278 e. The Kier molecular flexibility index (Phi) is 4.35. The Morgan fingerprint density at radius 1 is 1.00 bits per heavy atom. The van der Waals surface area contributed by atoms with Crippen LogP contribution in [0.1, 0.15) is 5.56 Å². The van der Waals surface area contributed by atoms with Crippen LogP contribution in [0, 0.1) is 11.6 Å². The maximum absolute atomic E-state index is 13.3. The third-order valence-corrected chi connectivity index (χ3v) is 3.02. The molecule has 2 nitrogen and oxygen atoms in total. The summed E-state index contributed by atoms with van der Waals surface area (Å²) in [6.07, 6.45) is 1.25. The molecular formula is C13H8Cl2F2N2. The molecule has 98 valence electrons. The first kappa shape index (κ1) is 13.8. The van der Waals surface area contributed by atoms with Crippen molar-refractivity contribution in [3.05, 3.63) is 63.6 Å². The summed E-state index contributed by atoms with van der Waals surface area (Å²) in [5.41, 5.74) is 3.45. The summed E-state index contributed by atoms with van der Waals surface area (Å²) in [5, 5.41) is 4.65. The molecule has 0 saturated heterocycles. The summed E-state index contributed by atoms with van der Waals surface area (Å²) in [4.78, 5) is 0. The number of hydrogen-bond acceptors (Lipinski definition) is 2. The van der Waals surface area contributed by atoms with Crippen LogP contribution in [-0.4, -0.2) is 6.21 Å². The summed E-state index contributed by atoms with van der Waals surface area (Å²) in [5.74, 6) is -1.31. The highest BCUT2D eigenvalue weighted by Gasteiger charge is 2.01. The van der Waals surface area contributed by atoms with E-state index < -0.39 is 11.6 Å². The molecule has 0 aromatic heterocycles. The van der Waals surface area contributed by atoms with Crippen LogP contribution >= 0.6 is 23.2 Å². The van der Waals surface area contributed by atoms with E-state index in [9.17, 15) is 8.78 Å². The van der Waals surface area contributed by atoms with Crippen LogP contribution in [0.4, 0.5) is 14.5 Å². The van der Waals surface area contributed by atoms with Gasteiger partial charge in [-0.2, -0.15) is 5.10 Å². The van der Waals surface area contributed by atoms with Crippen LogP contribution in [0.5, 0.6) is 0 Å². The first-order chi connectivity index (χ1) is 9.06. The highest BCUT2D eigenvalue weighted by atomic mass is 35.5. The van der Waals surface area contributed by atoms with Crippen molar-refractivity contribution >= 4 is 35.1 Å². The van der Waals surface area contributed by atoms with E-state index in [1.165, 1.54) is 12.3 Å². The average Bonchev–Trinajstić information content (AvgIpc) is 2.36. The van der Waals surface area contributed by atoms with E-state index in [4.69, 9.17) is 23.2 Å². The number of nitrogens with one attached hydrogen (secondary N) is 1. The molecule has 0 aliphatic heterocycles. The molecule has 19 heavy (non-hydrogen) atoms. The van der Waals surface area contributed by atoms with Crippen molar-refractivity contribution in [1.29, 1.82) is 0 Å². The van der Waals surface area contributed by atoms with Crippen LogP contribution in [0.25, 0.3) is 0 Å². The third-order valence-electron chi connectivity index (χ3n) is 2.28. The maximum Gasteiger partial charge on any atom is 0.134 e. The van der Waals surface area contributed by atoms with Gasteiger partial charge in [-0.25, -0.2) is 8.78 Å². The van der Waals surface area contributed by atoms with Crippen molar-refractivity contribution in [3.8, 4) is 0 Å². The minimum absolute atomic E-state index is 0.175. The summed E-state index contributed by atoms with van der Waals surface area (Å²) < 4.78 is 26.0. The third kappa shape index (κ3) is 3.66. The van der Waals surface area contributed by atoms with Gasteiger partial charge in [-0.3, -0.25) is 5.43 Å². The fourth-order valence-corrected chi connectivity index (χ4v) is 1.65. The summed E-state index contributed by atoms with van der Waals surface area (Å²) in [6.45, 7) is 0. The van der Waals surface area contributed by atoms with Gasteiger partial charge in [0.1, 0.15) is 11.6 Å². The van der Waals surface area contributed by atoms with Gasteiger partial charge in [0.25, 0.3) is 0 Å². The van der Waals surface area contributed by atoms with Gasteiger partial charge in [-0.1, -0.05) is 23.2 Å². The summed E-state index contributed by atoms with van der Waals surface area (Å²) in [6, 6.07) is 8.11. The van der Waals surface area contributed by atoms with E-state index in [1.807, 2.05) is 0 Å².